The molecule has 0 saturated heterocycles. The van der Waals surface area contributed by atoms with E-state index in [2.05, 4.69) is 15.6 Å². The number of methoxy groups -OCH3 is 1. The minimum Gasteiger partial charge on any atom is -0.504 e. The van der Waals surface area contributed by atoms with E-state index in [0.717, 1.165) is 5.56 Å². The zero-order valence-electron chi connectivity index (χ0n) is 18.6. The summed E-state index contributed by atoms with van der Waals surface area (Å²) in [5, 5.41) is 19.7. The molecule has 0 saturated carbocycles. The summed E-state index contributed by atoms with van der Waals surface area (Å²) in [5.41, 5.74) is 5.93. The first-order chi connectivity index (χ1) is 16.8. The summed E-state index contributed by atoms with van der Waals surface area (Å²) in [6.07, 6.45) is 1.43. The van der Waals surface area contributed by atoms with Crippen LogP contribution < -0.4 is 10.2 Å². The smallest absolute Gasteiger partial charge is 0.292 e. The monoisotopic (exact) mass is 528 g/mol. The van der Waals surface area contributed by atoms with Crippen molar-refractivity contribution >= 4 is 46.9 Å². The lowest BCUT2D eigenvalue weighted by Gasteiger charge is -2.11. The Bertz CT molecular complexity index is 1430. The first-order valence-electron chi connectivity index (χ1n) is 10.3. The van der Waals surface area contributed by atoms with Crippen molar-refractivity contribution in [3.63, 3.8) is 0 Å². The van der Waals surface area contributed by atoms with Crippen LogP contribution in [0.3, 0.4) is 0 Å². The SMILES string of the molecule is COc1cc(/C=N/NC(=O)c2nn(-c3ccc(Cl)cc3Cl)c(-c3ccc(Cl)cc3)c2C)ccc1O. The Balaban J connectivity index is 1.71. The summed E-state index contributed by atoms with van der Waals surface area (Å²) < 4.78 is 6.68. The van der Waals surface area contributed by atoms with Gasteiger partial charge < -0.3 is 9.84 Å². The molecule has 3 aromatic carbocycles. The summed E-state index contributed by atoms with van der Waals surface area (Å²) in [4.78, 5) is 13.0. The average molecular weight is 530 g/mol. The van der Waals surface area contributed by atoms with Gasteiger partial charge in [0.1, 0.15) is 0 Å². The average Bonchev–Trinajstić information content (AvgIpc) is 3.17. The van der Waals surface area contributed by atoms with Gasteiger partial charge in [-0.25, -0.2) is 10.1 Å². The van der Waals surface area contributed by atoms with Gasteiger partial charge in [0.2, 0.25) is 0 Å². The largest absolute Gasteiger partial charge is 0.504 e. The molecule has 0 bridgehead atoms. The Morgan fingerprint density at radius 3 is 2.46 bits per heavy atom. The highest BCUT2D eigenvalue weighted by molar-refractivity contribution is 6.35. The van der Waals surface area contributed by atoms with Crippen molar-refractivity contribution in [1.29, 1.82) is 0 Å². The zero-order valence-corrected chi connectivity index (χ0v) is 20.9. The second-order valence-electron chi connectivity index (χ2n) is 7.47. The second-order valence-corrected chi connectivity index (χ2v) is 8.75. The number of halogens is 3. The maximum absolute atomic E-state index is 13.0. The van der Waals surface area contributed by atoms with Crippen LogP contribution in [0.4, 0.5) is 0 Å². The third kappa shape index (κ3) is 5.27. The number of carbonyl (C=O) groups excluding carboxylic acids is 1. The highest BCUT2D eigenvalue weighted by Crippen LogP contribution is 2.33. The molecule has 4 rings (SSSR count). The van der Waals surface area contributed by atoms with Gasteiger partial charge in [-0.3, -0.25) is 4.79 Å². The van der Waals surface area contributed by atoms with Crippen molar-refractivity contribution in [1.82, 2.24) is 15.2 Å². The van der Waals surface area contributed by atoms with Crippen LogP contribution in [-0.2, 0) is 0 Å². The Kier molecular flexibility index (Phi) is 7.31. The molecule has 0 fully saturated rings. The van der Waals surface area contributed by atoms with Gasteiger partial charge in [-0.15, -0.1) is 0 Å². The van der Waals surface area contributed by atoms with Gasteiger partial charge in [0.15, 0.2) is 17.2 Å². The Labute approximate surface area is 216 Å². The third-order valence-electron chi connectivity index (χ3n) is 5.18. The highest BCUT2D eigenvalue weighted by atomic mass is 35.5. The topological polar surface area (TPSA) is 88.7 Å². The molecular weight excluding hydrogens is 511 g/mol. The van der Waals surface area contributed by atoms with Crippen LogP contribution in [0.1, 0.15) is 21.6 Å². The van der Waals surface area contributed by atoms with E-state index in [-0.39, 0.29) is 11.4 Å². The lowest BCUT2D eigenvalue weighted by atomic mass is 10.1. The van der Waals surface area contributed by atoms with Gasteiger partial charge in [0.25, 0.3) is 5.91 Å². The number of hydrogen-bond donors (Lipinski definition) is 2. The molecule has 0 spiro atoms. The zero-order chi connectivity index (χ0) is 25.1. The Hall–Kier alpha value is -3.52. The molecule has 7 nitrogen and oxygen atoms in total. The van der Waals surface area contributed by atoms with Gasteiger partial charge in [-0.05, 0) is 61.0 Å². The number of carbonyl (C=O) groups is 1. The molecule has 0 radical (unpaired) electrons. The number of aromatic nitrogens is 2. The van der Waals surface area contributed by atoms with E-state index in [4.69, 9.17) is 39.5 Å². The van der Waals surface area contributed by atoms with E-state index in [9.17, 15) is 9.90 Å². The van der Waals surface area contributed by atoms with Crippen LogP contribution in [-0.4, -0.2) is 34.1 Å². The number of nitrogens with zero attached hydrogens (tertiary/aromatic N) is 3. The van der Waals surface area contributed by atoms with Gasteiger partial charge in [0.05, 0.1) is 29.7 Å². The molecule has 10 heteroatoms. The molecular formula is C25H19Cl3N4O3. The molecule has 0 aliphatic carbocycles. The predicted octanol–water partition coefficient (Wildman–Crippen LogP) is 6.29. The number of phenolic OH excluding ortho intramolecular Hbond substituents is 1. The number of nitrogens with one attached hydrogen (secondary N) is 1. The van der Waals surface area contributed by atoms with E-state index in [1.54, 1.807) is 54.1 Å². The van der Waals surface area contributed by atoms with Crippen LogP contribution in [0, 0.1) is 6.92 Å². The van der Waals surface area contributed by atoms with Crippen LogP contribution in [0.2, 0.25) is 15.1 Å². The van der Waals surface area contributed by atoms with Gasteiger partial charge in [0, 0.05) is 21.2 Å². The molecule has 0 aliphatic heterocycles. The highest BCUT2D eigenvalue weighted by Gasteiger charge is 2.23. The van der Waals surface area contributed by atoms with Crippen LogP contribution in [0.15, 0.2) is 65.8 Å². The number of phenols is 1. The number of hydrazone groups is 1. The summed E-state index contributed by atoms with van der Waals surface area (Å²) >= 11 is 18.6. The third-order valence-corrected chi connectivity index (χ3v) is 5.97. The number of ether oxygens (including phenoxy) is 1. The molecule has 1 heterocycles. The van der Waals surface area contributed by atoms with E-state index in [0.29, 0.717) is 43.3 Å². The maximum Gasteiger partial charge on any atom is 0.292 e. The molecule has 178 valence electrons. The molecule has 0 aliphatic rings. The van der Waals surface area contributed by atoms with Crippen LogP contribution in [0.5, 0.6) is 11.5 Å². The van der Waals surface area contributed by atoms with E-state index >= 15 is 0 Å². The quantitative estimate of drug-likeness (QED) is 0.227. The van der Waals surface area contributed by atoms with E-state index < -0.39 is 5.91 Å². The van der Waals surface area contributed by atoms with E-state index in [1.165, 1.54) is 19.4 Å². The molecule has 4 aromatic rings. The van der Waals surface area contributed by atoms with Crippen LogP contribution in [0.25, 0.3) is 16.9 Å². The first-order valence-corrected chi connectivity index (χ1v) is 11.4. The summed E-state index contributed by atoms with van der Waals surface area (Å²) in [6, 6.07) is 16.9. The minimum atomic E-state index is -0.511. The Morgan fingerprint density at radius 1 is 1.06 bits per heavy atom. The molecule has 35 heavy (non-hydrogen) atoms. The van der Waals surface area contributed by atoms with Gasteiger partial charge in [-0.1, -0.05) is 46.9 Å². The number of benzene rings is 3. The van der Waals surface area contributed by atoms with Crippen molar-refractivity contribution in [3.8, 4) is 28.4 Å². The number of hydrogen-bond acceptors (Lipinski definition) is 5. The molecule has 0 atom stereocenters. The maximum atomic E-state index is 13.0. The standard InChI is InChI=1S/C25H19Cl3N4O3/c1-14-23(25(34)30-29-13-15-3-10-21(33)22(11-15)35-2)31-32(20-9-8-18(27)12-19(20)28)24(14)16-4-6-17(26)7-5-16/h3-13,33H,1-2H3,(H,30,34)/b29-13+. The summed E-state index contributed by atoms with van der Waals surface area (Å²) in [7, 11) is 1.45. The lowest BCUT2D eigenvalue weighted by molar-refractivity contribution is 0.0949. The fourth-order valence-electron chi connectivity index (χ4n) is 3.48. The lowest BCUT2D eigenvalue weighted by Crippen LogP contribution is -2.19. The molecule has 1 amide bonds. The number of aromatic hydroxyl groups is 1. The van der Waals surface area contributed by atoms with Crippen molar-refractivity contribution in [2.45, 2.75) is 6.92 Å². The summed E-state index contributed by atoms with van der Waals surface area (Å²) in [6.45, 7) is 1.79. The van der Waals surface area contributed by atoms with Crippen molar-refractivity contribution in [3.05, 3.63) is 92.6 Å². The van der Waals surface area contributed by atoms with Gasteiger partial charge >= 0.3 is 0 Å². The predicted molar refractivity (Wildman–Crippen MR) is 138 cm³/mol. The Morgan fingerprint density at radius 2 is 1.77 bits per heavy atom. The summed E-state index contributed by atoms with van der Waals surface area (Å²) in [5.74, 6) is -0.212. The molecule has 0 unspecified atom stereocenters. The molecule has 2 N–H and O–H groups in total. The second kappa shape index (κ2) is 10.4. The normalized spacial score (nSPS) is 11.1. The first kappa shape index (κ1) is 24.6. The fourth-order valence-corrected chi connectivity index (χ4v) is 4.09. The van der Waals surface area contributed by atoms with Crippen molar-refractivity contribution in [2.24, 2.45) is 5.10 Å². The van der Waals surface area contributed by atoms with E-state index in [1.807, 2.05) is 12.1 Å². The van der Waals surface area contributed by atoms with Crippen LogP contribution >= 0.6 is 34.8 Å². The van der Waals surface area contributed by atoms with Crippen molar-refractivity contribution < 1.29 is 14.6 Å². The number of amides is 1. The fraction of sp³-hybridized carbons (Fsp3) is 0.0800. The van der Waals surface area contributed by atoms with Gasteiger partial charge in [-0.2, -0.15) is 10.2 Å². The number of rotatable bonds is 6. The molecule has 1 aromatic heterocycles. The van der Waals surface area contributed by atoms with Crippen molar-refractivity contribution in [2.75, 3.05) is 7.11 Å². The minimum absolute atomic E-state index is 0.00504.